The van der Waals surface area contributed by atoms with Crippen molar-refractivity contribution in [2.75, 3.05) is 42.7 Å². The lowest BCUT2D eigenvalue weighted by molar-refractivity contribution is -0.118. The molecule has 35 heavy (non-hydrogen) atoms. The molecule has 0 fully saturated rings. The van der Waals surface area contributed by atoms with Crippen LogP contribution in [0, 0.1) is 0 Å². The normalized spacial score (nSPS) is 7.66. The fraction of sp³-hybridized carbons (Fsp3) is 0.867. The van der Waals surface area contributed by atoms with Gasteiger partial charge in [-0.15, -0.1) is 209 Å². The van der Waals surface area contributed by atoms with Gasteiger partial charge < -0.3 is 0 Å². The van der Waals surface area contributed by atoms with Crippen LogP contribution in [0.2, 0.25) is 0 Å². The van der Waals surface area contributed by atoms with Crippen molar-refractivity contribution in [3.05, 3.63) is 0 Å². The Morgan fingerprint density at radius 3 is 0.543 bits per heavy atom. The number of hydrogen-bond acceptors (Lipinski definition) is 2. The van der Waals surface area contributed by atoms with Crippen molar-refractivity contribution in [3.8, 4) is 0 Å². The van der Waals surface area contributed by atoms with Crippen molar-refractivity contribution in [3.63, 3.8) is 0 Å². The van der Waals surface area contributed by atoms with E-state index in [2.05, 4.69) is 0 Å². The lowest BCUT2D eigenvalue weighted by atomic mass is 10.1. The first-order valence-electron chi connectivity index (χ1n) is 7.48. The second-order valence-corrected chi connectivity index (χ2v) is 11.5. The van der Waals surface area contributed by atoms with E-state index in [1.165, 1.54) is 13.8 Å². The van der Waals surface area contributed by atoms with Crippen LogP contribution in [0.4, 0.5) is 0 Å². The summed E-state index contributed by atoms with van der Waals surface area (Å²) < 4.78 is -1.21. The van der Waals surface area contributed by atoms with Crippen molar-refractivity contribution in [1.82, 2.24) is 0 Å². The lowest BCUT2D eigenvalue weighted by Crippen LogP contribution is -2.20. The molecule has 20 heteroatoms. The first-order chi connectivity index (χ1) is 16.1. The van der Waals surface area contributed by atoms with Crippen LogP contribution in [-0.2, 0) is 9.59 Å². The standard InChI is InChI=1S/C7H10Cl2O2.8CH2Cl2/c1-5(10)3-7(8,9)4-6(2)11;8*2-1-3/h3-4H2,1-2H3;8*1H2. The summed E-state index contributed by atoms with van der Waals surface area (Å²) in [7, 11) is 0. The predicted octanol–water partition coefficient (Wildman–Crippen LogP) is 13.5. The van der Waals surface area contributed by atoms with Gasteiger partial charge in [0.25, 0.3) is 0 Å². The Bertz CT molecular complexity index is 259. The van der Waals surface area contributed by atoms with Gasteiger partial charge in [0.15, 0.2) is 0 Å². The maximum absolute atomic E-state index is 10.6. The molecule has 0 atom stereocenters. The Balaban J connectivity index is -0.0000000340. The third-order valence-corrected chi connectivity index (χ3v) is 1.55. The fourth-order valence-corrected chi connectivity index (χ4v) is 1.54. The number of carbonyl (C=O) groups is 2. The Hall–Kier alpha value is 4.56. The van der Waals surface area contributed by atoms with Crippen molar-refractivity contribution in [2.24, 2.45) is 0 Å². The molecule has 0 aliphatic heterocycles. The minimum absolute atomic E-state index is 0.0235. The highest BCUT2D eigenvalue weighted by Gasteiger charge is 2.27. The Kier molecular flexibility index (Phi) is 139. The van der Waals surface area contributed by atoms with E-state index in [1.54, 1.807) is 0 Å². The number of alkyl halides is 18. The summed E-state index contributed by atoms with van der Waals surface area (Å²) in [5.74, 6) is -0.229. The quantitative estimate of drug-likeness (QED) is 0.264. The number of hydrogen-bond donors (Lipinski definition) is 0. The van der Waals surface area contributed by atoms with E-state index in [9.17, 15) is 9.59 Å². The Morgan fingerprint density at radius 2 is 0.486 bits per heavy atom. The molecule has 0 saturated carbocycles. The molecular formula is C15H26Cl18O2. The Morgan fingerprint density at radius 1 is 0.400 bits per heavy atom. The van der Waals surface area contributed by atoms with E-state index in [0.29, 0.717) is 0 Å². The molecule has 0 heterocycles. The van der Waals surface area contributed by atoms with Gasteiger partial charge in [-0.3, -0.25) is 9.59 Å². The second kappa shape index (κ2) is 77.1. The van der Waals surface area contributed by atoms with Gasteiger partial charge >= 0.3 is 0 Å². The van der Waals surface area contributed by atoms with Crippen molar-refractivity contribution >= 4 is 220 Å². The highest BCUT2D eigenvalue weighted by molar-refractivity contribution is 6.50. The maximum atomic E-state index is 10.6. The van der Waals surface area contributed by atoms with Crippen LogP contribution < -0.4 is 0 Å². The minimum Gasteiger partial charge on any atom is -0.300 e. The highest BCUT2D eigenvalue weighted by atomic mass is 35.6. The molecular weight excluding hydrogens is 850 g/mol. The van der Waals surface area contributed by atoms with Crippen molar-refractivity contribution in [2.45, 2.75) is 31.0 Å². The predicted molar refractivity (Wildman–Crippen MR) is 178 cm³/mol. The van der Waals surface area contributed by atoms with Crippen LogP contribution in [0.15, 0.2) is 0 Å². The van der Waals surface area contributed by atoms with E-state index < -0.39 is 4.33 Å². The molecule has 0 saturated heterocycles. The van der Waals surface area contributed by atoms with Gasteiger partial charge in [0, 0.05) is 12.8 Å². The van der Waals surface area contributed by atoms with E-state index in [0.717, 1.165) is 0 Å². The molecule has 0 aliphatic carbocycles. The summed E-state index contributed by atoms with van der Waals surface area (Å²) in [4.78, 5) is 21.1. The van der Waals surface area contributed by atoms with Gasteiger partial charge in [-0.2, -0.15) is 0 Å². The van der Waals surface area contributed by atoms with Gasteiger partial charge in [-0.25, -0.2) is 0 Å². The molecule has 0 aromatic carbocycles. The van der Waals surface area contributed by atoms with Crippen LogP contribution in [0.25, 0.3) is 0 Å². The molecule has 224 valence electrons. The van der Waals surface area contributed by atoms with Crippen molar-refractivity contribution < 1.29 is 9.59 Å². The molecule has 0 radical (unpaired) electrons. The molecule has 0 amide bonds. The molecule has 0 unspecified atom stereocenters. The van der Waals surface area contributed by atoms with Gasteiger partial charge in [0.05, 0.1) is 42.7 Å². The molecule has 0 spiro atoms. The minimum atomic E-state index is -1.21. The zero-order valence-electron chi connectivity index (χ0n) is 18.2. The lowest BCUT2D eigenvalue weighted by Gasteiger charge is -2.15. The zero-order valence-corrected chi connectivity index (χ0v) is 31.8. The Labute approximate surface area is 300 Å². The van der Waals surface area contributed by atoms with Crippen LogP contribution in [0.3, 0.4) is 0 Å². The van der Waals surface area contributed by atoms with Crippen LogP contribution in [0.1, 0.15) is 26.7 Å². The van der Waals surface area contributed by atoms with Crippen LogP contribution in [-0.4, -0.2) is 58.6 Å². The highest BCUT2D eigenvalue weighted by Crippen LogP contribution is 2.29. The second-order valence-electron chi connectivity index (χ2n) is 3.42. The van der Waals surface area contributed by atoms with E-state index in [-0.39, 0.29) is 67.1 Å². The van der Waals surface area contributed by atoms with Gasteiger partial charge in [-0.1, -0.05) is 0 Å². The first kappa shape index (κ1) is 63.0. The summed E-state index contributed by atoms with van der Waals surface area (Å²) >= 11 is 87.5. The molecule has 2 nitrogen and oxygen atoms in total. The topological polar surface area (TPSA) is 34.1 Å². The molecule has 0 bridgehead atoms. The van der Waals surface area contributed by atoms with Crippen LogP contribution >= 0.6 is 209 Å². The third-order valence-electron chi connectivity index (χ3n) is 1.02. The number of halogens is 18. The van der Waals surface area contributed by atoms with E-state index >= 15 is 0 Å². The van der Waals surface area contributed by atoms with Crippen LogP contribution in [0.5, 0.6) is 0 Å². The fourth-order valence-electron chi connectivity index (χ4n) is 0.791. The average molecular weight is 877 g/mol. The molecule has 0 aromatic rings. The molecule has 0 aliphatic rings. The number of rotatable bonds is 4. The van der Waals surface area contributed by atoms with E-state index in [1.807, 2.05) is 0 Å². The first-order valence-corrected chi connectivity index (χ1v) is 16.8. The smallest absolute Gasteiger partial charge is 0.132 e. The van der Waals surface area contributed by atoms with Gasteiger partial charge in [0.1, 0.15) is 15.9 Å². The molecule has 0 aromatic heterocycles. The summed E-state index contributed by atoms with van der Waals surface area (Å²) in [5.41, 5.74) is 0. The summed E-state index contributed by atoms with van der Waals surface area (Å²) in [5, 5.41) is 1.56. The average Bonchev–Trinajstić information content (AvgIpc) is 2.64. The third kappa shape index (κ3) is 243. The summed E-state index contributed by atoms with van der Waals surface area (Å²) in [6, 6.07) is 0. The SMILES string of the molecule is CC(=O)CC(Cl)(Cl)CC(C)=O.ClCCl.ClCCl.ClCCl.ClCCl.ClCCl.ClCCl.ClCCl.ClCCl. The molecule has 0 rings (SSSR count). The summed E-state index contributed by atoms with van der Waals surface area (Å²) in [6.45, 7) is 2.78. The van der Waals surface area contributed by atoms with Crippen molar-refractivity contribution in [1.29, 1.82) is 0 Å². The monoisotopic (exact) mass is 868 g/mol. The zero-order chi connectivity index (χ0) is 30.7. The van der Waals surface area contributed by atoms with Gasteiger partial charge in [0.2, 0.25) is 0 Å². The molecule has 0 N–H and O–H groups in total. The number of Topliss-reactive ketones (excluding diaryl/α,β-unsaturated/α-hetero) is 2. The summed E-state index contributed by atoms with van der Waals surface area (Å²) in [6.07, 6.45) is 0.0470. The number of carbonyl (C=O) groups excluding carboxylic acids is 2. The maximum Gasteiger partial charge on any atom is 0.132 e. The number of ketones is 2. The van der Waals surface area contributed by atoms with E-state index in [4.69, 9.17) is 209 Å². The van der Waals surface area contributed by atoms with Gasteiger partial charge in [-0.05, 0) is 13.8 Å². The largest absolute Gasteiger partial charge is 0.300 e.